The Morgan fingerprint density at radius 3 is 2.90 bits per heavy atom. The van der Waals surface area contributed by atoms with Gasteiger partial charge in [0.25, 0.3) is 0 Å². The van der Waals surface area contributed by atoms with Crippen molar-refractivity contribution in [1.29, 1.82) is 0 Å². The lowest BCUT2D eigenvalue weighted by molar-refractivity contribution is 0.472. The van der Waals surface area contributed by atoms with Gasteiger partial charge in [0.1, 0.15) is 11.6 Å². The Bertz CT molecular complexity index is 687. The first-order valence-electron chi connectivity index (χ1n) is 7.08. The molecule has 0 saturated heterocycles. The van der Waals surface area contributed by atoms with E-state index >= 15 is 0 Å². The van der Waals surface area contributed by atoms with E-state index in [2.05, 4.69) is 21.2 Å². The van der Waals surface area contributed by atoms with E-state index in [-0.39, 0.29) is 11.9 Å². The lowest BCUT2D eigenvalue weighted by Crippen LogP contribution is -2.17. The predicted molar refractivity (Wildman–Crippen MR) is 86.2 cm³/mol. The van der Waals surface area contributed by atoms with Gasteiger partial charge < -0.3 is 10.4 Å². The summed E-state index contributed by atoms with van der Waals surface area (Å²) >= 11 is 3.21. The van der Waals surface area contributed by atoms with Crippen LogP contribution >= 0.6 is 15.9 Å². The van der Waals surface area contributed by atoms with E-state index in [1.807, 2.05) is 19.1 Å². The van der Waals surface area contributed by atoms with Crippen LogP contribution in [0.2, 0.25) is 0 Å². The molecule has 3 rings (SSSR count). The number of phenols is 1. The number of aryl methyl sites for hydroxylation is 2. The smallest absolute Gasteiger partial charge is 0.139 e. The number of fused-ring (bicyclic) bond motifs is 1. The van der Waals surface area contributed by atoms with Crippen LogP contribution in [0.3, 0.4) is 0 Å². The third-order valence-electron chi connectivity index (χ3n) is 4.04. The molecule has 0 amide bonds. The van der Waals surface area contributed by atoms with Crippen LogP contribution in [0.15, 0.2) is 34.8 Å². The van der Waals surface area contributed by atoms with E-state index in [1.165, 1.54) is 17.2 Å². The minimum atomic E-state index is -0.259. The van der Waals surface area contributed by atoms with Crippen LogP contribution in [-0.4, -0.2) is 5.11 Å². The maximum absolute atomic E-state index is 13.7. The first-order valence-corrected chi connectivity index (χ1v) is 7.88. The topological polar surface area (TPSA) is 32.3 Å². The zero-order valence-electron chi connectivity index (χ0n) is 11.8. The second kappa shape index (κ2) is 5.68. The molecule has 0 spiro atoms. The molecule has 0 radical (unpaired) electrons. The molecule has 2 aromatic rings. The number of aromatic hydroxyl groups is 1. The summed E-state index contributed by atoms with van der Waals surface area (Å²) in [4.78, 5) is 0. The summed E-state index contributed by atoms with van der Waals surface area (Å²) in [5, 5.41) is 13.1. The second-order valence-electron chi connectivity index (χ2n) is 5.55. The van der Waals surface area contributed by atoms with Gasteiger partial charge in [-0.3, -0.25) is 0 Å². The van der Waals surface area contributed by atoms with Gasteiger partial charge in [0.15, 0.2) is 0 Å². The molecule has 0 bridgehead atoms. The molecule has 0 saturated carbocycles. The van der Waals surface area contributed by atoms with Crippen LogP contribution < -0.4 is 5.32 Å². The van der Waals surface area contributed by atoms with Crippen LogP contribution in [0.25, 0.3) is 0 Å². The molecule has 110 valence electrons. The third kappa shape index (κ3) is 2.91. The normalized spacial score (nSPS) is 17.4. The number of hydrogen-bond donors (Lipinski definition) is 2. The van der Waals surface area contributed by atoms with Gasteiger partial charge in [0.05, 0.1) is 10.5 Å². The fourth-order valence-electron chi connectivity index (χ4n) is 2.94. The monoisotopic (exact) mass is 349 g/mol. The Balaban J connectivity index is 1.92. The molecule has 4 heteroatoms. The maximum Gasteiger partial charge on any atom is 0.139 e. The Morgan fingerprint density at radius 2 is 2.10 bits per heavy atom. The highest BCUT2D eigenvalue weighted by Gasteiger charge is 2.21. The summed E-state index contributed by atoms with van der Waals surface area (Å²) in [5.41, 5.74) is 4.20. The first kappa shape index (κ1) is 14.4. The van der Waals surface area contributed by atoms with Crippen molar-refractivity contribution in [3.05, 3.63) is 57.3 Å². The molecule has 0 fully saturated rings. The third-order valence-corrected chi connectivity index (χ3v) is 4.65. The number of phenolic OH excluding ortho intramolecular Hbond substituents is 1. The number of rotatable bonds is 2. The van der Waals surface area contributed by atoms with Crippen molar-refractivity contribution in [2.75, 3.05) is 5.32 Å². The Morgan fingerprint density at radius 1 is 1.29 bits per heavy atom. The zero-order valence-corrected chi connectivity index (χ0v) is 13.4. The van der Waals surface area contributed by atoms with Crippen LogP contribution in [0.5, 0.6) is 5.75 Å². The molecule has 21 heavy (non-hydrogen) atoms. The van der Waals surface area contributed by atoms with Gasteiger partial charge in [0, 0.05) is 5.69 Å². The number of halogens is 2. The summed E-state index contributed by atoms with van der Waals surface area (Å²) in [6.07, 6.45) is 3.05. The van der Waals surface area contributed by atoms with Crippen LogP contribution in [-0.2, 0) is 6.42 Å². The highest BCUT2D eigenvalue weighted by Crippen LogP contribution is 2.35. The molecule has 0 aromatic heterocycles. The largest absolute Gasteiger partial charge is 0.508 e. The highest BCUT2D eigenvalue weighted by molar-refractivity contribution is 9.10. The maximum atomic E-state index is 13.7. The van der Waals surface area contributed by atoms with E-state index in [9.17, 15) is 9.50 Å². The molecule has 2 nitrogen and oxygen atoms in total. The molecule has 1 atom stereocenters. The molecular formula is C17H17BrFNO. The quantitative estimate of drug-likeness (QED) is 0.791. The minimum Gasteiger partial charge on any atom is -0.508 e. The van der Waals surface area contributed by atoms with Gasteiger partial charge in [-0.2, -0.15) is 0 Å². The number of anilines is 1. The molecular weight excluding hydrogens is 333 g/mol. The number of nitrogens with one attached hydrogen (secondary N) is 1. The molecule has 1 aliphatic rings. The zero-order chi connectivity index (χ0) is 15.0. The van der Waals surface area contributed by atoms with Gasteiger partial charge in [-0.25, -0.2) is 4.39 Å². The van der Waals surface area contributed by atoms with Crippen molar-refractivity contribution in [3.8, 4) is 5.75 Å². The summed E-state index contributed by atoms with van der Waals surface area (Å²) in [6, 6.07) is 9.00. The molecule has 1 unspecified atom stereocenters. The van der Waals surface area contributed by atoms with Crippen molar-refractivity contribution in [1.82, 2.24) is 0 Å². The fourth-order valence-corrected chi connectivity index (χ4v) is 3.40. The van der Waals surface area contributed by atoms with Crippen LogP contribution in [0, 0.1) is 12.7 Å². The van der Waals surface area contributed by atoms with E-state index in [1.54, 1.807) is 12.1 Å². The summed E-state index contributed by atoms with van der Waals surface area (Å²) in [6.45, 7) is 1.97. The van der Waals surface area contributed by atoms with Gasteiger partial charge >= 0.3 is 0 Å². The second-order valence-corrected chi connectivity index (χ2v) is 6.41. The molecule has 0 aliphatic heterocycles. The molecule has 0 heterocycles. The van der Waals surface area contributed by atoms with Gasteiger partial charge in [-0.1, -0.05) is 6.07 Å². The first-order chi connectivity index (χ1) is 10.0. The van der Waals surface area contributed by atoms with Crippen LogP contribution in [0.4, 0.5) is 10.1 Å². The predicted octanol–water partition coefficient (Wildman–Crippen LogP) is 5.09. The SMILES string of the molecule is Cc1cc(Br)c(F)cc1NC1CCCc2cc(O)ccc21. The lowest BCUT2D eigenvalue weighted by atomic mass is 9.87. The van der Waals surface area contributed by atoms with Gasteiger partial charge in [0.2, 0.25) is 0 Å². The lowest BCUT2D eigenvalue weighted by Gasteiger charge is -2.28. The van der Waals surface area contributed by atoms with E-state index < -0.39 is 0 Å². The Hall–Kier alpha value is -1.55. The summed E-state index contributed by atoms with van der Waals surface area (Å²) in [5.74, 6) is 0.0464. The van der Waals surface area contributed by atoms with Crippen molar-refractivity contribution in [2.45, 2.75) is 32.2 Å². The van der Waals surface area contributed by atoms with Crippen molar-refractivity contribution >= 4 is 21.6 Å². The van der Waals surface area contributed by atoms with E-state index in [0.29, 0.717) is 10.2 Å². The average molecular weight is 350 g/mol. The van der Waals surface area contributed by atoms with Crippen molar-refractivity contribution in [3.63, 3.8) is 0 Å². The summed E-state index contributed by atoms with van der Waals surface area (Å²) in [7, 11) is 0. The highest BCUT2D eigenvalue weighted by atomic mass is 79.9. The minimum absolute atomic E-state index is 0.161. The average Bonchev–Trinajstić information content (AvgIpc) is 2.44. The fraction of sp³-hybridized carbons (Fsp3) is 0.294. The molecule has 2 N–H and O–H groups in total. The standard InChI is InChI=1S/C17H17BrFNO/c1-10-7-14(18)15(19)9-17(10)20-16-4-2-3-11-8-12(21)5-6-13(11)16/h5-9,16,20-21H,2-4H2,1H3. The molecule has 1 aliphatic carbocycles. The molecule has 2 aromatic carbocycles. The van der Waals surface area contributed by atoms with Crippen molar-refractivity contribution < 1.29 is 9.50 Å². The van der Waals surface area contributed by atoms with Gasteiger partial charge in [-0.15, -0.1) is 0 Å². The number of hydrogen-bond acceptors (Lipinski definition) is 2. The van der Waals surface area contributed by atoms with Crippen LogP contribution in [0.1, 0.15) is 35.6 Å². The van der Waals surface area contributed by atoms with E-state index in [4.69, 9.17) is 0 Å². The number of benzene rings is 2. The van der Waals surface area contributed by atoms with E-state index in [0.717, 1.165) is 30.5 Å². The van der Waals surface area contributed by atoms with Crippen molar-refractivity contribution in [2.24, 2.45) is 0 Å². The Labute approximate surface area is 132 Å². The summed E-state index contributed by atoms with van der Waals surface area (Å²) < 4.78 is 14.2. The Kier molecular flexibility index (Phi) is 3.89. The van der Waals surface area contributed by atoms with Gasteiger partial charge in [-0.05, 0) is 83.1 Å².